The SMILES string of the molecule is CC(OC(=O)c1cccnc1SC(C)C(=O)NCc1ccccc1)C(=O)NCc1ccccc1. The fraction of sp³-hybridized carbons (Fsp3) is 0.231. The minimum Gasteiger partial charge on any atom is -0.449 e. The first-order valence-electron chi connectivity index (χ1n) is 10.9. The second-order valence-electron chi connectivity index (χ2n) is 7.57. The second kappa shape index (κ2) is 12.6. The van der Waals surface area contributed by atoms with Crippen molar-refractivity contribution in [3.63, 3.8) is 0 Å². The largest absolute Gasteiger partial charge is 0.449 e. The lowest BCUT2D eigenvalue weighted by Crippen LogP contribution is -2.35. The summed E-state index contributed by atoms with van der Waals surface area (Å²) >= 11 is 1.16. The van der Waals surface area contributed by atoms with Gasteiger partial charge in [0.15, 0.2) is 6.10 Å². The molecule has 0 saturated carbocycles. The van der Waals surface area contributed by atoms with Crippen LogP contribution in [-0.2, 0) is 27.4 Å². The molecule has 1 aromatic heterocycles. The lowest BCUT2D eigenvalue weighted by atomic mass is 10.2. The average molecular weight is 478 g/mol. The van der Waals surface area contributed by atoms with Crippen LogP contribution in [0.25, 0.3) is 0 Å². The van der Waals surface area contributed by atoms with Gasteiger partial charge in [0.05, 0.1) is 10.8 Å². The number of ether oxygens (including phenoxy) is 1. The third kappa shape index (κ3) is 7.45. The molecular formula is C26H27N3O4S. The van der Waals surface area contributed by atoms with Crippen molar-refractivity contribution in [2.24, 2.45) is 0 Å². The molecule has 0 fully saturated rings. The maximum absolute atomic E-state index is 12.8. The van der Waals surface area contributed by atoms with Crippen LogP contribution in [0.3, 0.4) is 0 Å². The Balaban J connectivity index is 1.55. The number of nitrogens with one attached hydrogen (secondary N) is 2. The third-order valence-corrected chi connectivity index (χ3v) is 6.04. The third-order valence-electron chi connectivity index (χ3n) is 4.92. The minimum absolute atomic E-state index is 0.174. The summed E-state index contributed by atoms with van der Waals surface area (Å²) in [5.41, 5.74) is 2.15. The van der Waals surface area contributed by atoms with E-state index < -0.39 is 23.2 Å². The van der Waals surface area contributed by atoms with Crippen molar-refractivity contribution >= 4 is 29.5 Å². The van der Waals surface area contributed by atoms with Gasteiger partial charge in [0.25, 0.3) is 5.91 Å². The number of benzene rings is 2. The molecular weight excluding hydrogens is 450 g/mol. The minimum atomic E-state index is -0.985. The van der Waals surface area contributed by atoms with Crippen LogP contribution in [0.4, 0.5) is 0 Å². The lowest BCUT2D eigenvalue weighted by Gasteiger charge is -2.16. The lowest BCUT2D eigenvalue weighted by molar-refractivity contribution is -0.129. The summed E-state index contributed by atoms with van der Waals surface area (Å²) < 4.78 is 5.37. The standard InChI is InChI=1S/C26H27N3O4S/c1-18(23(30)28-16-20-10-5-3-6-11-20)33-26(32)22-14-9-15-27-25(22)34-19(2)24(31)29-17-21-12-7-4-8-13-21/h3-15,18-19H,16-17H2,1-2H3,(H,28,30)(H,29,31). The molecule has 2 unspecified atom stereocenters. The Morgan fingerprint density at radius 2 is 1.38 bits per heavy atom. The highest BCUT2D eigenvalue weighted by molar-refractivity contribution is 8.00. The van der Waals surface area contributed by atoms with Crippen molar-refractivity contribution in [3.05, 3.63) is 95.7 Å². The summed E-state index contributed by atoms with van der Waals surface area (Å²) in [7, 11) is 0. The molecule has 0 aliphatic carbocycles. The van der Waals surface area contributed by atoms with E-state index in [2.05, 4.69) is 15.6 Å². The number of nitrogens with zero attached hydrogens (tertiary/aromatic N) is 1. The Kier molecular flexibility index (Phi) is 9.22. The topological polar surface area (TPSA) is 97.4 Å². The van der Waals surface area contributed by atoms with E-state index >= 15 is 0 Å². The van der Waals surface area contributed by atoms with Crippen LogP contribution in [0.5, 0.6) is 0 Å². The molecule has 0 radical (unpaired) electrons. The van der Waals surface area contributed by atoms with Crippen molar-refractivity contribution in [2.45, 2.75) is 43.3 Å². The highest BCUT2D eigenvalue weighted by atomic mass is 32.2. The molecule has 8 heteroatoms. The zero-order chi connectivity index (χ0) is 24.3. The molecule has 2 aromatic carbocycles. The van der Waals surface area contributed by atoms with Gasteiger partial charge in [-0.15, -0.1) is 0 Å². The molecule has 3 aromatic rings. The van der Waals surface area contributed by atoms with Crippen LogP contribution >= 0.6 is 11.8 Å². The van der Waals surface area contributed by atoms with Crippen molar-refractivity contribution in [2.75, 3.05) is 0 Å². The Bertz CT molecular complexity index is 1110. The molecule has 176 valence electrons. The number of hydrogen-bond acceptors (Lipinski definition) is 6. The normalized spacial score (nSPS) is 12.3. The summed E-state index contributed by atoms with van der Waals surface area (Å²) in [6, 6.07) is 22.2. The maximum atomic E-state index is 12.8. The number of thioether (sulfide) groups is 1. The van der Waals surface area contributed by atoms with Crippen LogP contribution < -0.4 is 10.6 Å². The van der Waals surface area contributed by atoms with Gasteiger partial charge in [-0.25, -0.2) is 9.78 Å². The Labute approximate surface area is 203 Å². The summed E-state index contributed by atoms with van der Waals surface area (Å²) in [5, 5.41) is 5.52. The molecule has 0 bridgehead atoms. The van der Waals surface area contributed by atoms with Gasteiger partial charge >= 0.3 is 5.97 Å². The quantitative estimate of drug-likeness (QED) is 0.341. The van der Waals surface area contributed by atoms with E-state index in [9.17, 15) is 14.4 Å². The number of hydrogen-bond donors (Lipinski definition) is 2. The highest BCUT2D eigenvalue weighted by Crippen LogP contribution is 2.25. The number of carbonyl (C=O) groups is 3. The Hall–Kier alpha value is -3.65. The van der Waals surface area contributed by atoms with E-state index in [-0.39, 0.29) is 11.5 Å². The molecule has 0 aliphatic rings. The van der Waals surface area contributed by atoms with Crippen molar-refractivity contribution < 1.29 is 19.1 Å². The molecule has 0 aliphatic heterocycles. The van der Waals surface area contributed by atoms with Crippen LogP contribution in [0, 0.1) is 0 Å². The average Bonchev–Trinajstić information content (AvgIpc) is 2.87. The molecule has 3 rings (SSSR count). The summed E-state index contributed by atoms with van der Waals surface area (Å²) in [6.07, 6.45) is 0.560. The van der Waals surface area contributed by atoms with Gasteiger partial charge in [-0.1, -0.05) is 72.4 Å². The monoisotopic (exact) mass is 477 g/mol. The summed E-state index contributed by atoms with van der Waals surface area (Å²) in [6.45, 7) is 4.01. The van der Waals surface area contributed by atoms with Crippen LogP contribution in [0.1, 0.15) is 35.3 Å². The molecule has 34 heavy (non-hydrogen) atoms. The van der Waals surface area contributed by atoms with Gasteiger partial charge < -0.3 is 15.4 Å². The summed E-state index contributed by atoms with van der Waals surface area (Å²) in [5.74, 6) is -1.24. The van der Waals surface area contributed by atoms with Gasteiger partial charge in [0.2, 0.25) is 5.91 Å². The molecule has 1 heterocycles. The van der Waals surface area contributed by atoms with Crippen molar-refractivity contribution in [1.29, 1.82) is 0 Å². The van der Waals surface area contributed by atoms with Gasteiger partial charge in [0.1, 0.15) is 5.03 Å². The zero-order valence-corrected chi connectivity index (χ0v) is 19.9. The highest BCUT2D eigenvalue weighted by Gasteiger charge is 2.24. The number of aromatic nitrogens is 1. The van der Waals surface area contributed by atoms with Gasteiger partial charge in [-0.05, 0) is 37.1 Å². The molecule has 2 N–H and O–H groups in total. The Morgan fingerprint density at radius 1 is 0.824 bits per heavy atom. The molecule has 0 spiro atoms. The van der Waals surface area contributed by atoms with Gasteiger partial charge in [0, 0.05) is 19.3 Å². The van der Waals surface area contributed by atoms with Crippen molar-refractivity contribution in [1.82, 2.24) is 15.6 Å². The molecule has 0 saturated heterocycles. The van der Waals surface area contributed by atoms with Crippen LogP contribution in [0.2, 0.25) is 0 Å². The van der Waals surface area contributed by atoms with E-state index in [1.54, 1.807) is 25.3 Å². The number of rotatable bonds is 10. The van der Waals surface area contributed by atoms with Gasteiger partial charge in [-0.2, -0.15) is 0 Å². The van der Waals surface area contributed by atoms with E-state index in [0.717, 1.165) is 22.9 Å². The van der Waals surface area contributed by atoms with Crippen LogP contribution in [-0.4, -0.2) is 34.1 Å². The summed E-state index contributed by atoms with van der Waals surface area (Å²) in [4.78, 5) is 41.9. The maximum Gasteiger partial charge on any atom is 0.341 e. The Morgan fingerprint density at radius 3 is 1.97 bits per heavy atom. The second-order valence-corrected chi connectivity index (χ2v) is 8.90. The van der Waals surface area contributed by atoms with Crippen molar-refractivity contribution in [3.8, 4) is 0 Å². The van der Waals surface area contributed by atoms with E-state index in [1.807, 2.05) is 60.7 Å². The van der Waals surface area contributed by atoms with Gasteiger partial charge in [-0.3, -0.25) is 9.59 Å². The number of esters is 1. The fourth-order valence-corrected chi connectivity index (χ4v) is 3.92. The first kappa shape index (κ1) is 25.0. The number of pyridine rings is 1. The molecule has 2 amide bonds. The first-order chi connectivity index (χ1) is 16.4. The zero-order valence-electron chi connectivity index (χ0n) is 19.1. The predicted molar refractivity (Wildman–Crippen MR) is 131 cm³/mol. The van der Waals surface area contributed by atoms with E-state index in [1.165, 1.54) is 6.92 Å². The number of carbonyl (C=O) groups excluding carboxylic acids is 3. The van der Waals surface area contributed by atoms with Crippen LogP contribution in [0.15, 0.2) is 84.0 Å². The first-order valence-corrected chi connectivity index (χ1v) is 11.8. The fourth-order valence-electron chi connectivity index (χ4n) is 3.00. The smallest absolute Gasteiger partial charge is 0.341 e. The molecule has 7 nitrogen and oxygen atoms in total. The number of amides is 2. The predicted octanol–water partition coefficient (Wildman–Crippen LogP) is 3.74. The van der Waals surface area contributed by atoms with E-state index in [4.69, 9.17) is 4.74 Å². The van der Waals surface area contributed by atoms with E-state index in [0.29, 0.717) is 18.1 Å². The molecule has 2 atom stereocenters.